The van der Waals surface area contributed by atoms with Crippen LogP contribution >= 0.6 is 0 Å². The van der Waals surface area contributed by atoms with E-state index < -0.39 is 5.54 Å². The summed E-state index contributed by atoms with van der Waals surface area (Å²) in [6, 6.07) is 6.16. The highest BCUT2D eigenvalue weighted by atomic mass is 16.1. The molecule has 1 saturated carbocycles. The van der Waals surface area contributed by atoms with Crippen molar-refractivity contribution in [2.24, 2.45) is 0 Å². The molecule has 0 spiro atoms. The monoisotopic (exact) mass is 327 g/mol. The summed E-state index contributed by atoms with van der Waals surface area (Å²) >= 11 is 0. The molecular weight excluding hydrogens is 302 g/mol. The predicted molar refractivity (Wildman–Crippen MR) is 91.8 cm³/mol. The molecule has 0 saturated heterocycles. The topological polar surface area (TPSA) is 72.7 Å². The first-order valence-corrected chi connectivity index (χ1v) is 8.74. The lowest BCUT2D eigenvalue weighted by Gasteiger charge is -2.37. The molecule has 1 aromatic heterocycles. The number of carbonyl (C=O) groups is 1. The van der Waals surface area contributed by atoms with Crippen molar-refractivity contribution in [3.05, 3.63) is 35.2 Å². The van der Waals surface area contributed by atoms with Crippen LogP contribution in [0.25, 0.3) is 5.69 Å². The van der Waals surface area contributed by atoms with E-state index in [9.17, 15) is 4.79 Å². The van der Waals surface area contributed by atoms with Gasteiger partial charge < -0.3 is 5.32 Å². The Kier molecular flexibility index (Phi) is 4.64. The van der Waals surface area contributed by atoms with Crippen molar-refractivity contribution in [1.82, 2.24) is 25.5 Å². The summed E-state index contributed by atoms with van der Waals surface area (Å²) in [7, 11) is 0. The van der Waals surface area contributed by atoms with Gasteiger partial charge in [0.2, 0.25) is 5.91 Å². The van der Waals surface area contributed by atoms with Gasteiger partial charge in [-0.1, -0.05) is 44.4 Å². The van der Waals surface area contributed by atoms with E-state index >= 15 is 0 Å². The second kappa shape index (κ2) is 6.71. The van der Waals surface area contributed by atoms with Crippen LogP contribution in [0.3, 0.4) is 0 Å². The Hall–Kier alpha value is -2.24. The normalized spacial score (nSPS) is 16.8. The number of tetrazole rings is 1. The molecule has 0 unspecified atom stereocenters. The molecular formula is C18H25N5O. The van der Waals surface area contributed by atoms with Crippen LogP contribution < -0.4 is 5.32 Å². The maximum atomic E-state index is 12.2. The van der Waals surface area contributed by atoms with Crippen LogP contribution in [0.1, 0.15) is 62.4 Å². The largest absolute Gasteiger partial charge is 0.343 e. The molecule has 1 amide bonds. The Balaban J connectivity index is 2.11. The Morgan fingerprint density at radius 3 is 2.50 bits per heavy atom. The SMILES string of the molecule is CCC(=O)NC1(c2nnnn2-c2c(C)cccc2C)CCCCC1. The Morgan fingerprint density at radius 2 is 1.88 bits per heavy atom. The summed E-state index contributed by atoms with van der Waals surface area (Å²) < 4.78 is 1.83. The number of aryl methyl sites for hydroxylation is 2. The highest BCUT2D eigenvalue weighted by molar-refractivity contribution is 5.76. The first-order chi connectivity index (χ1) is 11.6. The molecule has 0 bridgehead atoms. The van der Waals surface area contributed by atoms with Crippen LogP contribution in [0.2, 0.25) is 0 Å². The summed E-state index contributed by atoms with van der Waals surface area (Å²) in [4.78, 5) is 12.2. The van der Waals surface area contributed by atoms with Crippen molar-refractivity contribution >= 4 is 5.91 Å². The zero-order valence-electron chi connectivity index (χ0n) is 14.7. The summed E-state index contributed by atoms with van der Waals surface area (Å²) in [5.74, 6) is 0.800. The molecule has 6 nitrogen and oxygen atoms in total. The number of hydrogen-bond acceptors (Lipinski definition) is 4. The van der Waals surface area contributed by atoms with E-state index in [1.807, 2.05) is 17.7 Å². The number of nitrogens with one attached hydrogen (secondary N) is 1. The number of benzene rings is 1. The molecule has 1 N–H and O–H groups in total. The van der Waals surface area contributed by atoms with Crippen molar-refractivity contribution in [3.8, 4) is 5.69 Å². The van der Waals surface area contributed by atoms with Crippen molar-refractivity contribution in [1.29, 1.82) is 0 Å². The second-order valence-corrected chi connectivity index (χ2v) is 6.70. The van der Waals surface area contributed by atoms with E-state index in [4.69, 9.17) is 0 Å². The minimum atomic E-state index is -0.469. The molecule has 128 valence electrons. The number of hydrogen-bond donors (Lipinski definition) is 1. The lowest BCUT2D eigenvalue weighted by atomic mass is 9.80. The van der Waals surface area contributed by atoms with E-state index in [1.165, 1.54) is 6.42 Å². The van der Waals surface area contributed by atoms with Crippen molar-refractivity contribution in [2.75, 3.05) is 0 Å². The van der Waals surface area contributed by atoms with Gasteiger partial charge in [-0.15, -0.1) is 5.10 Å². The van der Waals surface area contributed by atoms with E-state index in [0.29, 0.717) is 6.42 Å². The first-order valence-electron chi connectivity index (χ1n) is 8.74. The molecule has 1 aromatic carbocycles. The van der Waals surface area contributed by atoms with E-state index in [-0.39, 0.29) is 5.91 Å². The third kappa shape index (κ3) is 2.92. The summed E-state index contributed by atoms with van der Waals surface area (Å²) in [6.07, 6.45) is 5.56. The number of amides is 1. The van der Waals surface area contributed by atoms with Crippen molar-refractivity contribution in [3.63, 3.8) is 0 Å². The Morgan fingerprint density at radius 1 is 1.21 bits per heavy atom. The van der Waals surface area contributed by atoms with Gasteiger partial charge in [-0.25, -0.2) is 0 Å². The van der Waals surface area contributed by atoms with Crippen LogP contribution in [-0.4, -0.2) is 26.1 Å². The van der Waals surface area contributed by atoms with Gasteiger partial charge in [0, 0.05) is 6.42 Å². The summed E-state index contributed by atoms with van der Waals surface area (Å²) in [6.45, 7) is 6.00. The fraction of sp³-hybridized carbons (Fsp3) is 0.556. The standard InChI is InChI=1S/C18H25N5O/c1-4-15(24)19-18(11-6-5-7-12-18)17-20-21-22-23(17)16-13(2)9-8-10-14(16)3/h8-10H,4-7,11-12H2,1-3H3,(H,19,24). The van der Waals surface area contributed by atoms with Crippen LogP contribution in [0.5, 0.6) is 0 Å². The molecule has 0 aliphatic heterocycles. The van der Waals surface area contributed by atoms with Gasteiger partial charge in [-0.05, 0) is 48.2 Å². The second-order valence-electron chi connectivity index (χ2n) is 6.70. The highest BCUT2D eigenvalue weighted by Crippen LogP contribution is 2.37. The smallest absolute Gasteiger partial charge is 0.220 e. The fourth-order valence-electron chi connectivity index (χ4n) is 3.69. The number of carbonyl (C=O) groups excluding carboxylic acids is 1. The van der Waals surface area contributed by atoms with Crippen molar-refractivity contribution in [2.45, 2.75) is 64.8 Å². The van der Waals surface area contributed by atoms with Gasteiger partial charge in [0.1, 0.15) is 5.54 Å². The maximum absolute atomic E-state index is 12.2. The highest BCUT2D eigenvalue weighted by Gasteiger charge is 2.40. The Labute approximate surface area is 142 Å². The molecule has 1 heterocycles. The number of para-hydroxylation sites is 1. The number of aromatic nitrogens is 4. The molecule has 3 rings (SSSR count). The van der Waals surface area contributed by atoms with Gasteiger partial charge in [-0.3, -0.25) is 4.79 Å². The average Bonchev–Trinajstić information content (AvgIpc) is 3.05. The minimum Gasteiger partial charge on any atom is -0.343 e. The van der Waals surface area contributed by atoms with Crippen LogP contribution in [0.15, 0.2) is 18.2 Å². The third-order valence-corrected chi connectivity index (χ3v) is 4.96. The molecule has 2 aromatic rings. The fourth-order valence-corrected chi connectivity index (χ4v) is 3.69. The average molecular weight is 327 g/mol. The zero-order chi connectivity index (χ0) is 17.2. The van der Waals surface area contributed by atoms with Crippen LogP contribution in [0, 0.1) is 13.8 Å². The maximum Gasteiger partial charge on any atom is 0.220 e. The van der Waals surface area contributed by atoms with Crippen LogP contribution in [-0.2, 0) is 10.3 Å². The van der Waals surface area contributed by atoms with Gasteiger partial charge >= 0.3 is 0 Å². The van der Waals surface area contributed by atoms with E-state index in [1.54, 1.807) is 0 Å². The van der Waals surface area contributed by atoms with E-state index in [0.717, 1.165) is 48.3 Å². The summed E-state index contributed by atoms with van der Waals surface area (Å²) in [5.41, 5.74) is 2.78. The lowest BCUT2D eigenvalue weighted by Crippen LogP contribution is -2.48. The quantitative estimate of drug-likeness (QED) is 0.937. The molecule has 1 aliphatic carbocycles. The van der Waals surface area contributed by atoms with Gasteiger partial charge in [0.25, 0.3) is 0 Å². The molecule has 24 heavy (non-hydrogen) atoms. The predicted octanol–water partition coefficient (Wildman–Crippen LogP) is 2.96. The van der Waals surface area contributed by atoms with Crippen LogP contribution in [0.4, 0.5) is 0 Å². The molecule has 0 atom stereocenters. The van der Waals surface area contributed by atoms with E-state index in [2.05, 4.69) is 46.8 Å². The van der Waals surface area contributed by atoms with Gasteiger partial charge in [-0.2, -0.15) is 4.68 Å². The molecule has 0 radical (unpaired) electrons. The third-order valence-electron chi connectivity index (χ3n) is 4.96. The van der Waals surface area contributed by atoms with Gasteiger partial charge in [0.15, 0.2) is 5.82 Å². The lowest BCUT2D eigenvalue weighted by molar-refractivity contribution is -0.123. The number of nitrogens with zero attached hydrogens (tertiary/aromatic N) is 4. The number of rotatable bonds is 4. The minimum absolute atomic E-state index is 0.0490. The Bertz CT molecular complexity index is 711. The van der Waals surface area contributed by atoms with Crippen molar-refractivity contribution < 1.29 is 4.79 Å². The molecule has 6 heteroatoms. The zero-order valence-corrected chi connectivity index (χ0v) is 14.7. The first kappa shape index (κ1) is 16.6. The summed E-state index contributed by atoms with van der Waals surface area (Å²) in [5, 5.41) is 15.8. The molecule has 1 fully saturated rings. The molecule has 1 aliphatic rings. The van der Waals surface area contributed by atoms with Gasteiger partial charge in [0.05, 0.1) is 5.69 Å².